The van der Waals surface area contributed by atoms with Crippen LogP contribution < -0.4 is 5.32 Å². The van der Waals surface area contributed by atoms with Crippen molar-refractivity contribution in [3.05, 3.63) is 28.3 Å². The fraction of sp³-hybridized carbons (Fsp3) is 0.500. The van der Waals surface area contributed by atoms with Crippen LogP contribution in [0.1, 0.15) is 24.0 Å². The van der Waals surface area contributed by atoms with E-state index in [1.807, 2.05) is 24.8 Å². The van der Waals surface area contributed by atoms with Crippen molar-refractivity contribution in [2.45, 2.75) is 32.8 Å². The van der Waals surface area contributed by atoms with E-state index < -0.39 is 0 Å². The van der Waals surface area contributed by atoms with Crippen LogP contribution in [-0.2, 0) is 0 Å². The number of aryl methyl sites for hydroxylation is 2. The van der Waals surface area contributed by atoms with Crippen LogP contribution >= 0.6 is 23.8 Å². The number of anilines is 1. The Balaban J connectivity index is 2.10. The minimum absolute atomic E-state index is 0.289. The molecule has 1 saturated heterocycles. The second kappa shape index (κ2) is 6.07. The van der Waals surface area contributed by atoms with Gasteiger partial charge in [-0.05, 0) is 56.1 Å². The molecule has 5 heteroatoms. The third-order valence-corrected chi connectivity index (χ3v) is 4.01. The van der Waals surface area contributed by atoms with Gasteiger partial charge < -0.3 is 15.3 Å². The lowest BCUT2D eigenvalue weighted by atomic mass is 10.1. The smallest absolute Gasteiger partial charge is 0.173 e. The monoisotopic (exact) mass is 298 g/mol. The quantitative estimate of drug-likeness (QED) is 0.781. The minimum atomic E-state index is -0.289. The molecule has 2 N–H and O–H groups in total. The molecule has 1 atom stereocenters. The SMILES string of the molecule is Cc1cc(C)c(NC(=S)N2CCC[C@@H](O)C2)c(Cl)c1. The fourth-order valence-corrected chi connectivity index (χ4v) is 3.04. The van der Waals surface area contributed by atoms with Crippen LogP contribution in [0.2, 0.25) is 5.02 Å². The van der Waals surface area contributed by atoms with Crippen LogP contribution in [0, 0.1) is 13.8 Å². The molecule has 1 aliphatic rings. The van der Waals surface area contributed by atoms with Crippen molar-refractivity contribution >= 4 is 34.6 Å². The Labute approximate surface area is 124 Å². The van der Waals surface area contributed by atoms with E-state index in [9.17, 15) is 5.11 Å². The summed E-state index contributed by atoms with van der Waals surface area (Å²) in [5.41, 5.74) is 3.06. The highest BCUT2D eigenvalue weighted by Crippen LogP contribution is 2.27. The number of aliphatic hydroxyl groups excluding tert-OH is 1. The van der Waals surface area contributed by atoms with Gasteiger partial charge in [0.2, 0.25) is 0 Å². The van der Waals surface area contributed by atoms with Gasteiger partial charge >= 0.3 is 0 Å². The summed E-state index contributed by atoms with van der Waals surface area (Å²) in [4.78, 5) is 2.00. The van der Waals surface area contributed by atoms with E-state index in [4.69, 9.17) is 23.8 Å². The number of piperidine rings is 1. The topological polar surface area (TPSA) is 35.5 Å². The van der Waals surface area contributed by atoms with Gasteiger partial charge in [-0.1, -0.05) is 17.7 Å². The van der Waals surface area contributed by atoms with Crippen molar-refractivity contribution in [2.75, 3.05) is 18.4 Å². The van der Waals surface area contributed by atoms with Crippen LogP contribution in [0.15, 0.2) is 12.1 Å². The van der Waals surface area contributed by atoms with E-state index in [-0.39, 0.29) is 6.10 Å². The minimum Gasteiger partial charge on any atom is -0.391 e. The molecule has 1 fully saturated rings. The van der Waals surface area contributed by atoms with Gasteiger partial charge in [0.05, 0.1) is 16.8 Å². The standard InChI is InChI=1S/C14H19ClN2OS/c1-9-6-10(2)13(12(15)7-9)16-14(19)17-5-3-4-11(18)8-17/h6-7,11,18H,3-5,8H2,1-2H3,(H,16,19)/t11-/m1/s1. The summed E-state index contributed by atoms with van der Waals surface area (Å²) in [5.74, 6) is 0. The number of hydrogen-bond acceptors (Lipinski definition) is 2. The molecule has 1 heterocycles. The van der Waals surface area contributed by atoms with Gasteiger partial charge in [-0.2, -0.15) is 0 Å². The molecule has 1 aliphatic heterocycles. The molecule has 0 spiro atoms. The number of likely N-dealkylation sites (tertiary alicyclic amines) is 1. The Morgan fingerprint density at radius 2 is 2.21 bits per heavy atom. The third-order valence-electron chi connectivity index (χ3n) is 3.35. The summed E-state index contributed by atoms with van der Waals surface area (Å²) in [5, 5.41) is 14.2. The van der Waals surface area contributed by atoms with Gasteiger partial charge in [-0.15, -0.1) is 0 Å². The zero-order chi connectivity index (χ0) is 14.0. The number of nitrogens with zero attached hydrogens (tertiary/aromatic N) is 1. The molecule has 0 amide bonds. The number of halogens is 1. The van der Waals surface area contributed by atoms with Gasteiger partial charge in [-0.25, -0.2) is 0 Å². The van der Waals surface area contributed by atoms with E-state index in [2.05, 4.69) is 11.4 Å². The van der Waals surface area contributed by atoms with Crippen LogP contribution in [0.5, 0.6) is 0 Å². The molecule has 0 unspecified atom stereocenters. The Morgan fingerprint density at radius 1 is 1.47 bits per heavy atom. The molecule has 0 aliphatic carbocycles. The van der Waals surface area contributed by atoms with Gasteiger partial charge in [0.1, 0.15) is 0 Å². The number of β-amino-alcohol motifs (C(OH)–C–C–N with tert-alkyl or cyclic N) is 1. The zero-order valence-electron chi connectivity index (χ0n) is 11.2. The summed E-state index contributed by atoms with van der Waals surface area (Å²) in [7, 11) is 0. The predicted octanol–water partition coefficient (Wildman–Crippen LogP) is 3.11. The van der Waals surface area contributed by atoms with Crippen LogP contribution in [0.25, 0.3) is 0 Å². The number of hydrogen-bond donors (Lipinski definition) is 2. The highest BCUT2D eigenvalue weighted by atomic mass is 35.5. The maximum Gasteiger partial charge on any atom is 0.173 e. The van der Waals surface area contributed by atoms with Gasteiger partial charge in [0.15, 0.2) is 5.11 Å². The average molecular weight is 299 g/mol. The van der Waals surface area contributed by atoms with E-state index >= 15 is 0 Å². The van der Waals surface area contributed by atoms with Gasteiger partial charge in [-0.3, -0.25) is 0 Å². The van der Waals surface area contributed by atoms with Gasteiger partial charge in [0, 0.05) is 13.1 Å². The summed E-state index contributed by atoms with van der Waals surface area (Å²) in [6.45, 7) is 5.50. The van der Waals surface area contributed by atoms with E-state index in [1.54, 1.807) is 0 Å². The predicted molar refractivity (Wildman–Crippen MR) is 84.0 cm³/mol. The summed E-state index contributed by atoms with van der Waals surface area (Å²) in [6, 6.07) is 3.99. The van der Waals surface area contributed by atoms with Crippen molar-refractivity contribution in [2.24, 2.45) is 0 Å². The second-order valence-electron chi connectivity index (χ2n) is 5.11. The summed E-state index contributed by atoms with van der Waals surface area (Å²) < 4.78 is 0. The first-order chi connectivity index (χ1) is 8.97. The molecule has 1 aromatic rings. The summed E-state index contributed by atoms with van der Waals surface area (Å²) in [6.07, 6.45) is 1.52. The molecule has 0 radical (unpaired) electrons. The molecule has 104 valence electrons. The number of aliphatic hydroxyl groups is 1. The van der Waals surface area contributed by atoms with Gasteiger partial charge in [0.25, 0.3) is 0 Å². The van der Waals surface area contributed by atoms with Crippen molar-refractivity contribution in [3.8, 4) is 0 Å². The largest absolute Gasteiger partial charge is 0.391 e. The highest BCUT2D eigenvalue weighted by Gasteiger charge is 2.20. The maximum atomic E-state index is 9.68. The number of thiocarbonyl (C=S) groups is 1. The number of benzene rings is 1. The van der Waals surface area contributed by atoms with Crippen LogP contribution in [0.4, 0.5) is 5.69 Å². The maximum absolute atomic E-state index is 9.68. The molecule has 19 heavy (non-hydrogen) atoms. The first kappa shape index (κ1) is 14.6. The van der Waals surface area contributed by atoms with Crippen molar-refractivity contribution < 1.29 is 5.11 Å². The Hall–Kier alpha value is -0.840. The molecule has 0 aromatic heterocycles. The zero-order valence-corrected chi connectivity index (χ0v) is 12.8. The molecule has 0 saturated carbocycles. The molecule has 0 bridgehead atoms. The molecule has 1 aromatic carbocycles. The molecule has 2 rings (SSSR count). The second-order valence-corrected chi connectivity index (χ2v) is 5.90. The molecular weight excluding hydrogens is 280 g/mol. The average Bonchev–Trinajstić information content (AvgIpc) is 2.33. The van der Waals surface area contributed by atoms with E-state index in [0.29, 0.717) is 16.7 Å². The summed E-state index contributed by atoms with van der Waals surface area (Å²) >= 11 is 11.7. The Kier molecular flexibility index (Phi) is 4.66. The Morgan fingerprint density at radius 3 is 2.84 bits per heavy atom. The lowest BCUT2D eigenvalue weighted by Crippen LogP contribution is -2.44. The normalized spacial score (nSPS) is 19.4. The van der Waals surface area contributed by atoms with E-state index in [0.717, 1.165) is 36.2 Å². The Bertz CT molecular complexity index is 469. The van der Waals surface area contributed by atoms with Crippen molar-refractivity contribution in [1.82, 2.24) is 4.90 Å². The first-order valence-corrected chi connectivity index (χ1v) is 7.26. The number of nitrogens with one attached hydrogen (secondary N) is 1. The van der Waals surface area contributed by atoms with Crippen molar-refractivity contribution in [1.29, 1.82) is 0 Å². The number of rotatable bonds is 1. The third kappa shape index (κ3) is 3.59. The van der Waals surface area contributed by atoms with Crippen LogP contribution in [0.3, 0.4) is 0 Å². The lowest BCUT2D eigenvalue weighted by Gasteiger charge is -2.32. The molecule has 3 nitrogen and oxygen atoms in total. The van der Waals surface area contributed by atoms with Crippen LogP contribution in [-0.4, -0.2) is 34.3 Å². The fourth-order valence-electron chi connectivity index (χ4n) is 2.40. The first-order valence-electron chi connectivity index (χ1n) is 6.48. The highest BCUT2D eigenvalue weighted by molar-refractivity contribution is 7.80. The van der Waals surface area contributed by atoms with Crippen molar-refractivity contribution in [3.63, 3.8) is 0 Å². The van der Waals surface area contributed by atoms with E-state index in [1.165, 1.54) is 0 Å². The molecular formula is C14H19ClN2OS. The lowest BCUT2D eigenvalue weighted by molar-refractivity contribution is 0.104.